The van der Waals surface area contributed by atoms with E-state index in [1.807, 2.05) is 20.0 Å². The number of hydrogen-bond donors (Lipinski definition) is 1. The quantitative estimate of drug-likeness (QED) is 0.754. The smallest absolute Gasteiger partial charge is 0.123 e. The fourth-order valence-corrected chi connectivity index (χ4v) is 1.29. The molecule has 2 heteroatoms. The molecule has 1 unspecified atom stereocenters. The molecule has 0 saturated carbocycles. The first-order valence-corrected chi connectivity index (χ1v) is 4.55. The van der Waals surface area contributed by atoms with E-state index in [2.05, 4.69) is 12.2 Å². The molecule has 0 aliphatic rings. The third-order valence-electron chi connectivity index (χ3n) is 2.33. The lowest BCUT2D eigenvalue weighted by atomic mass is 10.0. The Bertz CT molecular complexity index is 283. The van der Waals surface area contributed by atoms with Gasteiger partial charge in [-0.05, 0) is 50.6 Å². The van der Waals surface area contributed by atoms with E-state index in [1.165, 1.54) is 6.07 Å². The van der Waals surface area contributed by atoms with E-state index >= 15 is 0 Å². The third kappa shape index (κ3) is 2.81. The van der Waals surface area contributed by atoms with Crippen molar-refractivity contribution in [3.63, 3.8) is 0 Å². The molecule has 72 valence electrons. The van der Waals surface area contributed by atoms with Crippen molar-refractivity contribution in [1.82, 2.24) is 5.32 Å². The summed E-state index contributed by atoms with van der Waals surface area (Å²) >= 11 is 0. The molecule has 1 atom stereocenters. The molecule has 0 saturated heterocycles. The molecule has 1 N–H and O–H groups in total. The minimum Gasteiger partial charge on any atom is -0.317 e. The molecule has 1 rings (SSSR count). The lowest BCUT2D eigenvalue weighted by Gasteiger charge is -2.12. The first kappa shape index (κ1) is 10.2. The normalized spacial score (nSPS) is 12.9. The summed E-state index contributed by atoms with van der Waals surface area (Å²) in [5.41, 5.74) is 2.24. The summed E-state index contributed by atoms with van der Waals surface area (Å²) in [5.74, 6) is -0.149. The molecule has 1 aromatic carbocycles. The molecule has 0 aliphatic heterocycles. The molecule has 0 amide bonds. The monoisotopic (exact) mass is 181 g/mol. The SMILES string of the molecule is CNC(C)Cc1cc(F)ccc1C. The molecule has 0 aromatic heterocycles. The number of rotatable bonds is 3. The number of hydrogen-bond acceptors (Lipinski definition) is 1. The molecule has 0 heterocycles. The van der Waals surface area contributed by atoms with Crippen LogP contribution < -0.4 is 5.32 Å². The predicted octanol–water partition coefficient (Wildman–Crippen LogP) is 2.28. The van der Waals surface area contributed by atoms with Gasteiger partial charge in [-0.3, -0.25) is 0 Å². The Morgan fingerprint density at radius 3 is 2.77 bits per heavy atom. The zero-order chi connectivity index (χ0) is 9.84. The van der Waals surface area contributed by atoms with Gasteiger partial charge in [-0.25, -0.2) is 4.39 Å². The molecule has 0 aliphatic carbocycles. The van der Waals surface area contributed by atoms with E-state index in [4.69, 9.17) is 0 Å². The van der Waals surface area contributed by atoms with Gasteiger partial charge >= 0.3 is 0 Å². The average molecular weight is 181 g/mol. The zero-order valence-corrected chi connectivity index (χ0v) is 8.39. The van der Waals surface area contributed by atoms with Crippen LogP contribution in [0, 0.1) is 12.7 Å². The van der Waals surface area contributed by atoms with Crippen LogP contribution in [0.2, 0.25) is 0 Å². The Morgan fingerprint density at radius 2 is 2.15 bits per heavy atom. The average Bonchev–Trinajstić information content (AvgIpc) is 2.11. The summed E-state index contributed by atoms with van der Waals surface area (Å²) in [6, 6.07) is 5.33. The first-order chi connectivity index (χ1) is 6.13. The van der Waals surface area contributed by atoms with Gasteiger partial charge in [-0.1, -0.05) is 6.07 Å². The van der Waals surface area contributed by atoms with Gasteiger partial charge in [0.05, 0.1) is 0 Å². The first-order valence-electron chi connectivity index (χ1n) is 4.55. The van der Waals surface area contributed by atoms with E-state index in [9.17, 15) is 4.39 Å². The minimum absolute atomic E-state index is 0.149. The van der Waals surface area contributed by atoms with Crippen LogP contribution in [0.25, 0.3) is 0 Å². The van der Waals surface area contributed by atoms with Crippen molar-refractivity contribution >= 4 is 0 Å². The molecule has 13 heavy (non-hydrogen) atoms. The predicted molar refractivity (Wildman–Crippen MR) is 53.4 cm³/mol. The lowest BCUT2D eigenvalue weighted by molar-refractivity contribution is 0.595. The number of likely N-dealkylation sites (N-methyl/N-ethyl adjacent to an activating group) is 1. The number of aryl methyl sites for hydroxylation is 1. The Kier molecular flexibility index (Phi) is 3.43. The third-order valence-corrected chi connectivity index (χ3v) is 2.33. The Morgan fingerprint density at radius 1 is 1.46 bits per heavy atom. The zero-order valence-electron chi connectivity index (χ0n) is 8.39. The molecule has 1 nitrogen and oxygen atoms in total. The Balaban J connectivity index is 2.81. The highest BCUT2D eigenvalue weighted by Crippen LogP contribution is 2.12. The summed E-state index contributed by atoms with van der Waals surface area (Å²) in [6.07, 6.45) is 0.875. The number of benzene rings is 1. The van der Waals surface area contributed by atoms with Crippen LogP contribution >= 0.6 is 0 Å². The van der Waals surface area contributed by atoms with Crippen LogP contribution in [0.5, 0.6) is 0 Å². The fourth-order valence-electron chi connectivity index (χ4n) is 1.29. The summed E-state index contributed by atoms with van der Waals surface area (Å²) < 4.78 is 12.9. The van der Waals surface area contributed by atoms with Crippen LogP contribution in [0.1, 0.15) is 18.1 Å². The van der Waals surface area contributed by atoms with Gasteiger partial charge in [-0.15, -0.1) is 0 Å². The summed E-state index contributed by atoms with van der Waals surface area (Å²) in [6.45, 7) is 4.10. The summed E-state index contributed by atoms with van der Waals surface area (Å²) in [7, 11) is 1.92. The van der Waals surface area contributed by atoms with Crippen molar-refractivity contribution in [3.8, 4) is 0 Å². The summed E-state index contributed by atoms with van der Waals surface area (Å²) in [4.78, 5) is 0. The van der Waals surface area contributed by atoms with Crippen molar-refractivity contribution in [2.45, 2.75) is 26.3 Å². The molecule has 0 radical (unpaired) electrons. The highest BCUT2D eigenvalue weighted by Gasteiger charge is 2.04. The molecular formula is C11H16FN. The molecule has 0 bridgehead atoms. The van der Waals surface area contributed by atoms with Gasteiger partial charge in [-0.2, -0.15) is 0 Å². The maximum Gasteiger partial charge on any atom is 0.123 e. The molecule has 0 fully saturated rings. The number of halogens is 1. The molecule has 1 aromatic rings. The van der Waals surface area contributed by atoms with E-state index in [1.54, 1.807) is 6.07 Å². The standard InChI is InChI=1S/C11H16FN/c1-8-4-5-11(12)7-10(8)6-9(2)13-3/h4-5,7,9,13H,6H2,1-3H3. The second-order valence-corrected chi connectivity index (χ2v) is 3.46. The number of nitrogens with one attached hydrogen (secondary N) is 1. The van der Waals surface area contributed by atoms with E-state index in [-0.39, 0.29) is 5.82 Å². The van der Waals surface area contributed by atoms with Crippen molar-refractivity contribution in [2.75, 3.05) is 7.05 Å². The van der Waals surface area contributed by atoms with Crippen molar-refractivity contribution in [1.29, 1.82) is 0 Å². The van der Waals surface area contributed by atoms with Crippen LogP contribution in [0.4, 0.5) is 4.39 Å². The lowest BCUT2D eigenvalue weighted by Crippen LogP contribution is -2.23. The fraction of sp³-hybridized carbons (Fsp3) is 0.455. The summed E-state index contributed by atoms with van der Waals surface area (Å²) in [5, 5.41) is 3.14. The van der Waals surface area contributed by atoms with Gasteiger partial charge in [0.1, 0.15) is 5.82 Å². The van der Waals surface area contributed by atoms with Crippen molar-refractivity contribution < 1.29 is 4.39 Å². The van der Waals surface area contributed by atoms with Gasteiger partial charge in [0.25, 0.3) is 0 Å². The van der Waals surface area contributed by atoms with Gasteiger partial charge < -0.3 is 5.32 Å². The van der Waals surface area contributed by atoms with Crippen LogP contribution in [-0.4, -0.2) is 13.1 Å². The molecule has 0 spiro atoms. The maximum absolute atomic E-state index is 12.9. The second kappa shape index (κ2) is 4.38. The highest BCUT2D eigenvalue weighted by molar-refractivity contribution is 5.27. The van der Waals surface area contributed by atoms with Gasteiger partial charge in [0, 0.05) is 6.04 Å². The van der Waals surface area contributed by atoms with Crippen LogP contribution in [0.3, 0.4) is 0 Å². The molecular weight excluding hydrogens is 165 g/mol. The van der Waals surface area contributed by atoms with Gasteiger partial charge in [0.15, 0.2) is 0 Å². The Labute approximate surface area is 79.0 Å². The Hall–Kier alpha value is -0.890. The second-order valence-electron chi connectivity index (χ2n) is 3.46. The largest absolute Gasteiger partial charge is 0.317 e. The van der Waals surface area contributed by atoms with Crippen molar-refractivity contribution in [3.05, 3.63) is 35.1 Å². The highest BCUT2D eigenvalue weighted by atomic mass is 19.1. The minimum atomic E-state index is -0.149. The van der Waals surface area contributed by atoms with Crippen LogP contribution in [0.15, 0.2) is 18.2 Å². The maximum atomic E-state index is 12.9. The van der Waals surface area contributed by atoms with Gasteiger partial charge in [0.2, 0.25) is 0 Å². The topological polar surface area (TPSA) is 12.0 Å². The van der Waals surface area contributed by atoms with Crippen molar-refractivity contribution in [2.24, 2.45) is 0 Å². The van der Waals surface area contributed by atoms with E-state index in [0.717, 1.165) is 17.5 Å². The van der Waals surface area contributed by atoms with E-state index < -0.39 is 0 Å². The van der Waals surface area contributed by atoms with E-state index in [0.29, 0.717) is 6.04 Å². The van der Waals surface area contributed by atoms with Crippen LogP contribution in [-0.2, 0) is 6.42 Å².